The number of β-amino-alcohol motifs (C(OH)–C–C–N with tert-alkyl or cyclic N) is 1. The molecule has 9 atom stereocenters. The van der Waals surface area contributed by atoms with Gasteiger partial charge in [-0.05, 0) is 98.7 Å². The fraction of sp³-hybridized carbons (Fsp3) is 0.674. The van der Waals surface area contributed by atoms with Crippen molar-refractivity contribution in [2.45, 2.75) is 97.7 Å². The number of fused-ring (bicyclic) bond motifs is 2. The minimum Gasteiger partial charge on any atom is -0.393 e. The molecular weight excluding hydrogens is 665 g/mol. The minimum atomic E-state index is -0.849. The van der Waals surface area contributed by atoms with Crippen LogP contribution >= 0.6 is 0 Å². The number of rotatable bonds is 14. The van der Waals surface area contributed by atoms with Crippen molar-refractivity contribution in [1.29, 1.82) is 0 Å². The molecule has 2 aromatic rings. The number of para-hydroxylation sites is 1. The molecule has 1 saturated heterocycles. The van der Waals surface area contributed by atoms with E-state index in [4.69, 9.17) is 0 Å². The Morgan fingerprint density at radius 1 is 1.00 bits per heavy atom. The Kier molecular flexibility index (Phi) is 12.6. The summed E-state index contributed by atoms with van der Waals surface area (Å²) < 4.78 is 0. The van der Waals surface area contributed by atoms with Crippen LogP contribution in [0.5, 0.6) is 0 Å². The number of hydrogen-bond acceptors (Lipinski definition) is 8. The van der Waals surface area contributed by atoms with E-state index >= 15 is 0 Å². The number of likely N-dealkylation sites (N-methyl/N-ethyl adjacent to an activating group) is 1. The highest BCUT2D eigenvalue weighted by atomic mass is 16.3. The summed E-state index contributed by atoms with van der Waals surface area (Å²) in [5, 5.41) is 28.9. The molecule has 3 saturated carbocycles. The number of aliphatic hydroxyl groups excluding tert-OH is 2. The number of benzene rings is 2. The van der Waals surface area contributed by atoms with Crippen LogP contribution < -0.4 is 20.4 Å². The van der Waals surface area contributed by atoms with Gasteiger partial charge in [0.15, 0.2) is 0 Å². The Morgan fingerprint density at radius 3 is 2.26 bits per heavy atom. The topological polar surface area (TPSA) is 112 Å². The molecule has 53 heavy (non-hydrogen) atoms. The Labute approximate surface area is 319 Å². The summed E-state index contributed by atoms with van der Waals surface area (Å²) in [5.41, 5.74) is 5.72. The van der Waals surface area contributed by atoms with Crippen molar-refractivity contribution in [3.63, 3.8) is 0 Å². The van der Waals surface area contributed by atoms with Gasteiger partial charge in [-0.25, -0.2) is 0 Å². The zero-order valence-corrected chi connectivity index (χ0v) is 34.5. The second-order valence-electron chi connectivity index (χ2n) is 18.3. The zero-order chi connectivity index (χ0) is 39.1. The van der Waals surface area contributed by atoms with Gasteiger partial charge in [0.05, 0.1) is 18.2 Å². The number of amides is 2. The molecule has 6 rings (SSSR count). The highest BCUT2D eigenvalue weighted by Crippen LogP contribution is 2.61. The molecule has 1 aliphatic heterocycles. The van der Waals surface area contributed by atoms with E-state index in [0.717, 1.165) is 47.5 Å². The molecular formula is C43H68N6O4. The Bertz CT molecular complexity index is 1590. The second kappa shape index (κ2) is 16.3. The Hall–Kier alpha value is -3.18. The van der Waals surface area contributed by atoms with E-state index in [-0.39, 0.29) is 30.4 Å². The van der Waals surface area contributed by atoms with E-state index in [2.05, 4.69) is 78.2 Å². The SMILES string of the molecule is CC(C)C[C@@H](CN(C)C)NC(=O)c1cc(-c2cccc(CN3C[C@H](O)[C@@H]([C@H](C)O)[C@H]3C(=O)N[C@H]3C[C@@H]4C[C@@H]([C@@H]3C)C4(C)C)c2N(C)C)cc(N(C)C)c1. The van der Waals surface area contributed by atoms with Gasteiger partial charge >= 0.3 is 0 Å². The van der Waals surface area contributed by atoms with Gasteiger partial charge in [-0.1, -0.05) is 52.8 Å². The maximum atomic E-state index is 14.3. The lowest BCUT2D eigenvalue weighted by atomic mass is 9.45. The number of carbonyl (C=O) groups excluding carboxylic acids is 2. The maximum absolute atomic E-state index is 14.3. The molecule has 0 unspecified atom stereocenters. The number of nitrogens with zero attached hydrogens (tertiary/aromatic N) is 4. The van der Waals surface area contributed by atoms with Crippen molar-refractivity contribution in [3.05, 3.63) is 47.5 Å². The predicted molar refractivity (Wildman–Crippen MR) is 216 cm³/mol. The van der Waals surface area contributed by atoms with Crippen molar-refractivity contribution in [2.75, 3.05) is 65.2 Å². The third-order valence-corrected chi connectivity index (χ3v) is 12.8. The number of aliphatic hydroxyl groups is 2. The fourth-order valence-corrected chi connectivity index (χ4v) is 9.94. The number of hydrogen-bond donors (Lipinski definition) is 4. The van der Waals surface area contributed by atoms with Crippen molar-refractivity contribution >= 4 is 23.2 Å². The molecule has 4 fully saturated rings. The van der Waals surface area contributed by atoms with Gasteiger partial charge in [-0.3, -0.25) is 14.5 Å². The van der Waals surface area contributed by atoms with Gasteiger partial charge in [0.2, 0.25) is 5.91 Å². The van der Waals surface area contributed by atoms with Gasteiger partial charge < -0.3 is 35.5 Å². The smallest absolute Gasteiger partial charge is 0.251 e. The monoisotopic (exact) mass is 733 g/mol. The Morgan fingerprint density at radius 2 is 1.70 bits per heavy atom. The average molecular weight is 733 g/mol. The molecule has 3 aliphatic carbocycles. The van der Waals surface area contributed by atoms with Crippen molar-refractivity contribution in [3.8, 4) is 11.1 Å². The molecule has 10 nitrogen and oxygen atoms in total. The van der Waals surface area contributed by atoms with Gasteiger partial charge in [0, 0.05) is 88.3 Å². The summed E-state index contributed by atoms with van der Waals surface area (Å²) in [6.07, 6.45) is 1.40. The first-order valence-corrected chi connectivity index (χ1v) is 19.8. The molecule has 4 N–H and O–H groups in total. The van der Waals surface area contributed by atoms with Crippen LogP contribution in [0.4, 0.5) is 11.4 Å². The second-order valence-corrected chi connectivity index (χ2v) is 18.3. The summed E-state index contributed by atoms with van der Waals surface area (Å²) >= 11 is 0. The summed E-state index contributed by atoms with van der Waals surface area (Å²) in [6, 6.07) is 11.7. The van der Waals surface area contributed by atoms with Crippen LogP contribution in [-0.2, 0) is 11.3 Å². The van der Waals surface area contributed by atoms with Crippen LogP contribution in [0.2, 0.25) is 0 Å². The van der Waals surface area contributed by atoms with Gasteiger partial charge in [0.25, 0.3) is 5.91 Å². The largest absolute Gasteiger partial charge is 0.393 e. The third-order valence-electron chi connectivity index (χ3n) is 12.8. The molecule has 10 heteroatoms. The lowest BCUT2D eigenvalue weighted by molar-refractivity contribution is -0.139. The first-order chi connectivity index (χ1) is 24.8. The summed E-state index contributed by atoms with van der Waals surface area (Å²) in [4.78, 5) is 36.4. The molecule has 0 aromatic heterocycles. The summed E-state index contributed by atoms with van der Waals surface area (Å²) in [5.74, 6) is 1.21. The molecule has 1 heterocycles. The third kappa shape index (κ3) is 8.71. The van der Waals surface area contributed by atoms with E-state index in [1.54, 1.807) is 6.92 Å². The molecule has 0 spiro atoms. The number of carbonyl (C=O) groups is 2. The normalized spacial score (nSPS) is 27.7. The van der Waals surface area contributed by atoms with E-state index in [0.29, 0.717) is 41.2 Å². The first kappa shape index (κ1) is 41.0. The van der Waals surface area contributed by atoms with Gasteiger partial charge in [-0.2, -0.15) is 0 Å². The summed E-state index contributed by atoms with van der Waals surface area (Å²) in [6.45, 7) is 14.5. The molecule has 294 valence electrons. The Balaban J connectivity index is 1.46. The average Bonchev–Trinajstić information content (AvgIpc) is 3.39. The van der Waals surface area contributed by atoms with Crippen LogP contribution in [0.25, 0.3) is 11.1 Å². The summed E-state index contributed by atoms with van der Waals surface area (Å²) in [7, 11) is 12.1. The molecule has 0 radical (unpaired) electrons. The van der Waals surface area contributed by atoms with Crippen molar-refractivity contribution in [2.24, 2.45) is 35.0 Å². The predicted octanol–water partition coefficient (Wildman–Crippen LogP) is 4.92. The van der Waals surface area contributed by atoms with Crippen molar-refractivity contribution in [1.82, 2.24) is 20.4 Å². The fourth-order valence-electron chi connectivity index (χ4n) is 9.94. The lowest BCUT2D eigenvalue weighted by Crippen LogP contribution is -2.62. The van der Waals surface area contributed by atoms with E-state index in [9.17, 15) is 19.8 Å². The lowest BCUT2D eigenvalue weighted by Gasteiger charge is -2.62. The van der Waals surface area contributed by atoms with Crippen molar-refractivity contribution < 1.29 is 19.8 Å². The molecule has 2 aromatic carbocycles. The van der Waals surface area contributed by atoms with Crippen LogP contribution in [-0.4, -0.2) is 118 Å². The standard InChI is InChI=1S/C43H68N6O4/c1-25(2)16-32(23-46(7)8)44-41(52)30-17-29(18-33(19-30)47(9)10)34-15-13-14-28(39(34)48(11)12)22-49-24-37(51)38(27(4)50)40(49)42(53)45-36-21-31-20-35(26(36)3)43(31,5)6/h13-15,17-19,25-27,31-32,35-38,40,50-51H,16,20-24H2,1-12H3,(H,44,52)(H,45,53)/t26-,27-,31-,32-,35-,36-,37-,38+,40-/m0/s1. The van der Waals surface area contributed by atoms with Crippen LogP contribution in [0, 0.1) is 35.0 Å². The quantitative estimate of drug-likeness (QED) is 0.217. The maximum Gasteiger partial charge on any atom is 0.251 e. The minimum absolute atomic E-state index is 0.0231. The molecule has 2 amide bonds. The van der Waals surface area contributed by atoms with Crippen LogP contribution in [0.15, 0.2) is 36.4 Å². The van der Waals surface area contributed by atoms with Crippen LogP contribution in [0.1, 0.15) is 76.7 Å². The first-order valence-electron chi connectivity index (χ1n) is 19.8. The van der Waals surface area contributed by atoms with Gasteiger partial charge in [-0.15, -0.1) is 0 Å². The number of likely N-dealkylation sites (tertiary alicyclic amines) is 1. The zero-order valence-electron chi connectivity index (χ0n) is 34.5. The highest BCUT2D eigenvalue weighted by Gasteiger charge is 2.57. The number of anilines is 2. The molecule has 4 aliphatic rings. The van der Waals surface area contributed by atoms with Gasteiger partial charge in [0.1, 0.15) is 0 Å². The molecule has 2 bridgehead atoms. The van der Waals surface area contributed by atoms with E-state index < -0.39 is 24.2 Å². The number of nitrogens with one attached hydrogen (secondary N) is 2. The van der Waals surface area contributed by atoms with E-state index in [1.807, 2.05) is 65.4 Å². The van der Waals surface area contributed by atoms with Crippen LogP contribution in [0.3, 0.4) is 0 Å². The van der Waals surface area contributed by atoms with E-state index in [1.165, 1.54) is 6.42 Å². The highest BCUT2D eigenvalue weighted by molar-refractivity contribution is 5.98.